The molecule has 4 saturated carbocycles. The van der Waals surface area contributed by atoms with E-state index in [9.17, 15) is 14.4 Å². The van der Waals surface area contributed by atoms with Crippen LogP contribution in [0.3, 0.4) is 0 Å². The Labute approximate surface area is 186 Å². The summed E-state index contributed by atoms with van der Waals surface area (Å²) in [5.41, 5.74) is -0.910. The molecule has 0 aromatic carbocycles. The average molecular weight is 437 g/mol. The van der Waals surface area contributed by atoms with E-state index in [4.69, 9.17) is 14.2 Å². The fourth-order valence-electron chi connectivity index (χ4n) is 6.30. The second-order valence-electron chi connectivity index (χ2n) is 10.9. The molecule has 4 rings (SSSR count). The fourth-order valence-corrected chi connectivity index (χ4v) is 6.30. The highest BCUT2D eigenvalue weighted by Gasteiger charge is 2.60. The molecule has 0 N–H and O–H groups in total. The summed E-state index contributed by atoms with van der Waals surface area (Å²) >= 11 is 0. The minimum Gasteiger partial charge on any atom is -0.462 e. The van der Waals surface area contributed by atoms with Crippen LogP contribution in [0.1, 0.15) is 86.0 Å². The molecule has 4 aliphatic rings. The number of ether oxygens (including phenoxy) is 3. The highest BCUT2D eigenvalue weighted by Crippen LogP contribution is 2.61. The van der Waals surface area contributed by atoms with Gasteiger partial charge in [-0.15, -0.1) is 0 Å². The Morgan fingerprint density at radius 2 is 1.39 bits per heavy atom. The van der Waals surface area contributed by atoms with E-state index in [0.29, 0.717) is 18.3 Å². The molecule has 0 radical (unpaired) electrons. The van der Waals surface area contributed by atoms with E-state index in [1.54, 1.807) is 0 Å². The van der Waals surface area contributed by atoms with Crippen molar-refractivity contribution in [2.45, 2.75) is 91.6 Å². The lowest BCUT2D eigenvalue weighted by Crippen LogP contribution is -2.62. The molecule has 0 heterocycles. The Morgan fingerprint density at radius 1 is 0.871 bits per heavy atom. The minimum absolute atomic E-state index is 0.00225. The van der Waals surface area contributed by atoms with Crippen LogP contribution >= 0.6 is 0 Å². The lowest BCUT2D eigenvalue weighted by atomic mass is 9.47. The average Bonchev–Trinajstić information content (AvgIpc) is 2.71. The molecule has 0 saturated heterocycles. The van der Waals surface area contributed by atoms with Gasteiger partial charge in [-0.05, 0) is 82.0 Å². The van der Waals surface area contributed by atoms with Crippen LogP contribution in [0.15, 0.2) is 0 Å². The maximum atomic E-state index is 12.7. The molecule has 4 bridgehead atoms. The Hall–Kier alpha value is -1.59. The number of rotatable bonds is 10. The molecular weight excluding hydrogens is 396 g/mol. The van der Waals surface area contributed by atoms with Crippen molar-refractivity contribution in [3.8, 4) is 0 Å². The van der Waals surface area contributed by atoms with E-state index in [-0.39, 0.29) is 49.5 Å². The van der Waals surface area contributed by atoms with Crippen molar-refractivity contribution in [1.29, 1.82) is 0 Å². The molecular formula is C25H40O6. The van der Waals surface area contributed by atoms with Crippen LogP contribution in [-0.4, -0.2) is 36.7 Å². The second-order valence-corrected chi connectivity index (χ2v) is 10.9. The predicted molar refractivity (Wildman–Crippen MR) is 116 cm³/mol. The van der Waals surface area contributed by atoms with E-state index in [2.05, 4.69) is 13.8 Å². The summed E-state index contributed by atoms with van der Waals surface area (Å²) in [4.78, 5) is 36.6. The molecule has 0 spiro atoms. The van der Waals surface area contributed by atoms with Crippen LogP contribution in [-0.2, 0) is 28.6 Å². The molecule has 0 atom stereocenters. The lowest BCUT2D eigenvalue weighted by molar-refractivity contribution is -0.225. The van der Waals surface area contributed by atoms with E-state index >= 15 is 0 Å². The van der Waals surface area contributed by atoms with Gasteiger partial charge >= 0.3 is 17.9 Å². The number of esters is 3. The summed E-state index contributed by atoms with van der Waals surface area (Å²) < 4.78 is 16.5. The van der Waals surface area contributed by atoms with Gasteiger partial charge in [0.05, 0.1) is 18.3 Å². The SMILES string of the molecule is CCC(C)(C)C(=O)OCCOC(=O)CCC(=O)OC1(C(C)C)C2CC3CC(C2)CC1C3. The van der Waals surface area contributed by atoms with E-state index in [1.165, 1.54) is 32.1 Å². The van der Waals surface area contributed by atoms with E-state index < -0.39 is 11.4 Å². The molecule has 0 unspecified atom stereocenters. The second kappa shape index (κ2) is 9.50. The Bertz CT molecular complexity index is 651. The number of carbonyl (C=O) groups excluding carboxylic acids is 3. The summed E-state index contributed by atoms with van der Waals surface area (Å²) in [6, 6.07) is 0. The Balaban J connectivity index is 1.42. The zero-order valence-corrected chi connectivity index (χ0v) is 19.9. The molecule has 0 aliphatic heterocycles. The smallest absolute Gasteiger partial charge is 0.311 e. The largest absolute Gasteiger partial charge is 0.462 e. The molecule has 6 heteroatoms. The van der Waals surface area contributed by atoms with E-state index in [1.807, 2.05) is 20.8 Å². The summed E-state index contributed by atoms with van der Waals surface area (Å²) in [5, 5.41) is 0. The first-order chi connectivity index (χ1) is 14.6. The summed E-state index contributed by atoms with van der Waals surface area (Å²) in [5.74, 6) is 1.74. The number of hydrogen-bond donors (Lipinski definition) is 0. The molecule has 4 aliphatic carbocycles. The number of carbonyl (C=O) groups is 3. The molecule has 0 amide bonds. The van der Waals surface area contributed by atoms with Crippen molar-refractivity contribution in [2.75, 3.05) is 13.2 Å². The van der Waals surface area contributed by atoms with Crippen LogP contribution < -0.4 is 0 Å². The third kappa shape index (κ3) is 5.09. The maximum absolute atomic E-state index is 12.7. The van der Waals surface area contributed by atoms with Crippen molar-refractivity contribution in [2.24, 2.45) is 35.0 Å². The van der Waals surface area contributed by atoms with Gasteiger partial charge in [0, 0.05) is 0 Å². The van der Waals surface area contributed by atoms with Gasteiger partial charge in [-0.1, -0.05) is 20.8 Å². The van der Waals surface area contributed by atoms with Gasteiger partial charge in [-0.3, -0.25) is 14.4 Å². The third-order valence-corrected chi connectivity index (χ3v) is 8.16. The van der Waals surface area contributed by atoms with Gasteiger partial charge in [0.15, 0.2) is 0 Å². The molecule has 31 heavy (non-hydrogen) atoms. The van der Waals surface area contributed by atoms with Crippen molar-refractivity contribution in [3.63, 3.8) is 0 Å². The van der Waals surface area contributed by atoms with Crippen molar-refractivity contribution >= 4 is 17.9 Å². The van der Waals surface area contributed by atoms with Crippen LogP contribution in [0.5, 0.6) is 0 Å². The topological polar surface area (TPSA) is 78.9 Å². The van der Waals surface area contributed by atoms with Gasteiger partial charge in [0.25, 0.3) is 0 Å². The van der Waals surface area contributed by atoms with Crippen LogP contribution in [0, 0.1) is 35.0 Å². The summed E-state index contributed by atoms with van der Waals surface area (Å²) in [6.45, 7) is 9.94. The predicted octanol–water partition coefficient (Wildman–Crippen LogP) is 4.68. The van der Waals surface area contributed by atoms with Crippen molar-refractivity contribution in [3.05, 3.63) is 0 Å². The molecule has 0 aromatic rings. The van der Waals surface area contributed by atoms with Crippen molar-refractivity contribution < 1.29 is 28.6 Å². The minimum atomic E-state index is -0.544. The zero-order valence-electron chi connectivity index (χ0n) is 19.9. The van der Waals surface area contributed by atoms with E-state index in [0.717, 1.165) is 11.8 Å². The first-order valence-electron chi connectivity index (χ1n) is 12.1. The third-order valence-electron chi connectivity index (χ3n) is 8.16. The fraction of sp³-hybridized carbons (Fsp3) is 0.880. The Kier molecular flexibility index (Phi) is 7.37. The molecule has 176 valence electrons. The highest BCUT2D eigenvalue weighted by atomic mass is 16.6. The standard InChI is InChI=1S/C25H40O6/c1-6-24(4,5)23(28)30-10-9-29-21(26)7-8-22(27)31-25(16(2)3)19-12-17-11-18(14-19)15-20(25)13-17/h16-20H,6-15H2,1-5H3. The summed E-state index contributed by atoms with van der Waals surface area (Å²) in [7, 11) is 0. The highest BCUT2D eigenvalue weighted by molar-refractivity contribution is 5.78. The monoisotopic (exact) mass is 436 g/mol. The van der Waals surface area contributed by atoms with Gasteiger partial charge in [-0.2, -0.15) is 0 Å². The Morgan fingerprint density at radius 3 is 1.90 bits per heavy atom. The normalized spacial score (nSPS) is 31.5. The first kappa shape index (κ1) is 24.1. The van der Waals surface area contributed by atoms with Crippen LogP contribution in [0.25, 0.3) is 0 Å². The number of hydrogen-bond acceptors (Lipinski definition) is 6. The van der Waals surface area contributed by atoms with Gasteiger partial charge in [-0.25, -0.2) is 0 Å². The maximum Gasteiger partial charge on any atom is 0.311 e. The van der Waals surface area contributed by atoms with Crippen molar-refractivity contribution in [1.82, 2.24) is 0 Å². The quantitative estimate of drug-likeness (QED) is 0.281. The van der Waals surface area contributed by atoms with Gasteiger partial charge in [0.2, 0.25) is 0 Å². The zero-order chi connectivity index (χ0) is 22.8. The van der Waals surface area contributed by atoms with Gasteiger partial charge in [0.1, 0.15) is 18.8 Å². The van der Waals surface area contributed by atoms with Crippen LogP contribution in [0.2, 0.25) is 0 Å². The van der Waals surface area contributed by atoms with Gasteiger partial charge < -0.3 is 14.2 Å². The molecule has 6 nitrogen and oxygen atoms in total. The summed E-state index contributed by atoms with van der Waals surface area (Å²) in [6.07, 6.45) is 6.75. The first-order valence-corrected chi connectivity index (χ1v) is 12.1. The lowest BCUT2D eigenvalue weighted by Gasteiger charge is -2.61. The molecule has 0 aromatic heterocycles. The molecule has 4 fully saturated rings. The van der Waals surface area contributed by atoms with Crippen LogP contribution in [0.4, 0.5) is 0 Å².